The zero-order valence-electron chi connectivity index (χ0n) is 21.9. The summed E-state index contributed by atoms with van der Waals surface area (Å²) in [7, 11) is 2.18. The Hall–Kier alpha value is -3.56. The Bertz CT molecular complexity index is 1430. The number of nitrogens with one attached hydrogen (secondary N) is 1. The van der Waals surface area contributed by atoms with Gasteiger partial charge in [0.05, 0.1) is 6.61 Å². The molecule has 0 bridgehead atoms. The summed E-state index contributed by atoms with van der Waals surface area (Å²) < 4.78 is 3.40. The summed E-state index contributed by atoms with van der Waals surface area (Å²) in [5, 5.41) is 13.3. The average molecular weight is 502 g/mol. The van der Waals surface area contributed by atoms with Gasteiger partial charge in [-0.2, -0.15) is 4.98 Å². The Balaban J connectivity index is 1.49. The molecule has 1 aromatic carbocycles. The topological polar surface area (TPSA) is 101 Å². The number of benzene rings is 1. The molecule has 1 aliphatic rings. The molecule has 0 saturated carbocycles. The van der Waals surface area contributed by atoms with Crippen LogP contribution in [0.15, 0.2) is 53.5 Å². The lowest BCUT2D eigenvalue weighted by molar-refractivity contribution is 0.255. The standard InChI is InChI=1S/C28H35N7O2/c1-18(2)34-27(37)23-16-29-28(30-22-10-8-20(9-11-22)21-12-14-33(4)15-13-21)32-26(23)35(34)25-7-5-6-24(31-25)19(3)17-36/h5-11,16,18-19,21,36H,12-15,17H2,1-4H3,(H,29,30,32). The molecule has 0 aliphatic carbocycles. The SMILES string of the molecule is CC(CO)c1cccc(-n2c3nc(Nc4ccc(C5CCN(C)CC5)cc4)ncc3c(=O)n2C(C)C)n1. The van der Waals surface area contributed by atoms with Gasteiger partial charge < -0.3 is 15.3 Å². The molecule has 2 N–H and O–H groups in total. The van der Waals surface area contributed by atoms with Crippen molar-refractivity contribution in [2.24, 2.45) is 0 Å². The lowest BCUT2D eigenvalue weighted by Gasteiger charge is -2.29. The largest absolute Gasteiger partial charge is 0.396 e. The molecule has 37 heavy (non-hydrogen) atoms. The minimum atomic E-state index is -0.165. The van der Waals surface area contributed by atoms with Gasteiger partial charge in [0.2, 0.25) is 5.95 Å². The number of aliphatic hydroxyl groups is 1. The van der Waals surface area contributed by atoms with E-state index in [-0.39, 0.29) is 24.1 Å². The first kappa shape index (κ1) is 25.1. The van der Waals surface area contributed by atoms with Crippen LogP contribution in [0.2, 0.25) is 0 Å². The van der Waals surface area contributed by atoms with E-state index in [2.05, 4.69) is 46.5 Å². The van der Waals surface area contributed by atoms with E-state index >= 15 is 0 Å². The highest BCUT2D eigenvalue weighted by Gasteiger charge is 2.21. The van der Waals surface area contributed by atoms with Gasteiger partial charge >= 0.3 is 0 Å². The number of anilines is 2. The number of aromatic nitrogens is 5. The quantitative estimate of drug-likeness (QED) is 0.391. The minimum absolute atomic E-state index is 0.00725. The summed E-state index contributed by atoms with van der Waals surface area (Å²) in [5.41, 5.74) is 3.33. The number of nitrogens with zero attached hydrogens (tertiary/aromatic N) is 6. The van der Waals surface area contributed by atoms with Gasteiger partial charge in [-0.25, -0.2) is 19.3 Å². The van der Waals surface area contributed by atoms with Crippen LogP contribution in [-0.4, -0.2) is 61.1 Å². The van der Waals surface area contributed by atoms with Gasteiger partial charge in [0.25, 0.3) is 5.56 Å². The predicted molar refractivity (Wildman–Crippen MR) is 146 cm³/mol. The molecule has 0 spiro atoms. The molecular formula is C28H35N7O2. The number of likely N-dealkylation sites (tertiary alicyclic amines) is 1. The molecule has 0 radical (unpaired) electrons. The van der Waals surface area contributed by atoms with Gasteiger partial charge in [0.1, 0.15) is 5.39 Å². The zero-order valence-corrected chi connectivity index (χ0v) is 21.9. The lowest BCUT2D eigenvalue weighted by atomic mass is 9.89. The Morgan fingerprint density at radius 3 is 2.46 bits per heavy atom. The maximum absolute atomic E-state index is 13.3. The number of hydrogen-bond donors (Lipinski definition) is 2. The summed E-state index contributed by atoms with van der Waals surface area (Å²) in [6.07, 6.45) is 3.94. The van der Waals surface area contributed by atoms with Crippen molar-refractivity contribution in [2.45, 2.75) is 51.5 Å². The molecule has 1 aliphatic heterocycles. The van der Waals surface area contributed by atoms with Crippen LogP contribution in [-0.2, 0) is 0 Å². The lowest BCUT2D eigenvalue weighted by Crippen LogP contribution is -2.29. The predicted octanol–water partition coefficient (Wildman–Crippen LogP) is 4.21. The third kappa shape index (κ3) is 5.01. The van der Waals surface area contributed by atoms with E-state index in [4.69, 9.17) is 9.97 Å². The second-order valence-corrected chi connectivity index (χ2v) is 10.3. The molecule has 0 amide bonds. The zero-order chi connectivity index (χ0) is 26.1. The molecular weight excluding hydrogens is 466 g/mol. The number of hydrogen-bond acceptors (Lipinski definition) is 7. The van der Waals surface area contributed by atoms with Crippen LogP contribution < -0.4 is 10.9 Å². The van der Waals surface area contributed by atoms with Gasteiger partial charge in [-0.15, -0.1) is 0 Å². The Labute approximate surface area is 216 Å². The third-order valence-corrected chi connectivity index (χ3v) is 7.22. The van der Waals surface area contributed by atoms with Crippen LogP contribution in [0.1, 0.15) is 62.7 Å². The number of fused-ring (bicyclic) bond motifs is 1. The van der Waals surface area contributed by atoms with E-state index in [0.29, 0.717) is 28.7 Å². The van der Waals surface area contributed by atoms with Gasteiger partial charge in [-0.05, 0) is 82.6 Å². The smallest absolute Gasteiger partial charge is 0.278 e. The average Bonchev–Trinajstić information content (AvgIpc) is 3.21. The molecule has 1 saturated heterocycles. The van der Waals surface area contributed by atoms with E-state index in [1.807, 2.05) is 39.0 Å². The van der Waals surface area contributed by atoms with Crippen LogP contribution in [0.5, 0.6) is 0 Å². The first-order chi connectivity index (χ1) is 17.9. The Morgan fingerprint density at radius 2 is 1.78 bits per heavy atom. The first-order valence-corrected chi connectivity index (χ1v) is 13.0. The summed E-state index contributed by atoms with van der Waals surface area (Å²) in [4.78, 5) is 29.6. The Kier molecular flexibility index (Phi) is 7.08. The normalized spacial score (nSPS) is 15.9. The van der Waals surface area contributed by atoms with Crippen molar-refractivity contribution in [3.63, 3.8) is 0 Å². The van der Waals surface area contributed by atoms with Gasteiger partial charge in [0, 0.05) is 29.5 Å². The van der Waals surface area contributed by atoms with Gasteiger partial charge in [0.15, 0.2) is 11.5 Å². The van der Waals surface area contributed by atoms with Gasteiger partial charge in [-0.3, -0.25) is 4.79 Å². The molecule has 1 unspecified atom stereocenters. The van der Waals surface area contributed by atoms with E-state index in [9.17, 15) is 9.90 Å². The maximum atomic E-state index is 13.3. The molecule has 194 valence electrons. The summed E-state index contributed by atoms with van der Waals surface area (Å²) in [6.45, 7) is 8.08. The van der Waals surface area contributed by atoms with Gasteiger partial charge in [-0.1, -0.05) is 25.1 Å². The molecule has 3 aromatic heterocycles. The Morgan fingerprint density at radius 1 is 1.05 bits per heavy atom. The van der Waals surface area contributed by atoms with Crippen molar-refractivity contribution < 1.29 is 5.11 Å². The van der Waals surface area contributed by atoms with Crippen molar-refractivity contribution in [1.29, 1.82) is 0 Å². The number of piperidine rings is 1. The van der Waals surface area contributed by atoms with Crippen LogP contribution in [0, 0.1) is 0 Å². The second-order valence-electron chi connectivity index (χ2n) is 10.3. The van der Waals surface area contributed by atoms with Crippen LogP contribution in [0.4, 0.5) is 11.6 Å². The molecule has 4 aromatic rings. The molecule has 1 fully saturated rings. The summed E-state index contributed by atoms with van der Waals surface area (Å²) in [6, 6.07) is 14.0. The molecule has 9 nitrogen and oxygen atoms in total. The van der Waals surface area contributed by atoms with Crippen molar-refractivity contribution in [2.75, 3.05) is 32.1 Å². The summed E-state index contributed by atoms with van der Waals surface area (Å²) >= 11 is 0. The first-order valence-electron chi connectivity index (χ1n) is 13.0. The van der Waals surface area contributed by atoms with Crippen LogP contribution in [0.25, 0.3) is 16.9 Å². The van der Waals surface area contributed by atoms with Crippen molar-refractivity contribution in [1.82, 2.24) is 29.2 Å². The van der Waals surface area contributed by atoms with Crippen LogP contribution in [0.3, 0.4) is 0 Å². The fraction of sp³-hybridized carbons (Fsp3) is 0.429. The summed E-state index contributed by atoms with van der Waals surface area (Å²) in [5.74, 6) is 1.46. The minimum Gasteiger partial charge on any atom is -0.396 e. The highest BCUT2D eigenvalue weighted by atomic mass is 16.3. The van der Waals surface area contributed by atoms with Crippen LogP contribution >= 0.6 is 0 Å². The molecule has 9 heteroatoms. The monoisotopic (exact) mass is 501 g/mol. The van der Waals surface area contributed by atoms with E-state index in [0.717, 1.165) is 24.5 Å². The molecule has 4 heterocycles. The fourth-order valence-electron chi connectivity index (χ4n) is 4.98. The number of rotatable bonds is 7. The number of aliphatic hydroxyl groups excluding tert-OH is 1. The highest BCUT2D eigenvalue weighted by molar-refractivity contribution is 5.77. The van der Waals surface area contributed by atoms with E-state index in [1.54, 1.807) is 15.6 Å². The number of pyridine rings is 1. The van der Waals surface area contributed by atoms with Crippen molar-refractivity contribution in [3.05, 3.63) is 70.3 Å². The second kappa shape index (κ2) is 10.4. The third-order valence-electron chi connectivity index (χ3n) is 7.22. The van der Waals surface area contributed by atoms with E-state index in [1.165, 1.54) is 18.4 Å². The fourth-order valence-corrected chi connectivity index (χ4v) is 4.98. The van der Waals surface area contributed by atoms with Crippen molar-refractivity contribution in [3.8, 4) is 5.82 Å². The van der Waals surface area contributed by atoms with Crippen molar-refractivity contribution >= 4 is 22.7 Å². The molecule has 1 atom stereocenters. The molecule has 5 rings (SSSR count). The highest BCUT2D eigenvalue weighted by Crippen LogP contribution is 2.29. The maximum Gasteiger partial charge on any atom is 0.278 e. The van der Waals surface area contributed by atoms with E-state index < -0.39 is 0 Å².